The highest BCUT2D eigenvalue weighted by Gasteiger charge is 2.42. The molecule has 1 aliphatic rings. The number of hydrogen-bond acceptors (Lipinski definition) is 3. The van der Waals surface area contributed by atoms with E-state index in [-0.39, 0.29) is 12.5 Å². The zero-order valence-electron chi connectivity index (χ0n) is 11.5. The summed E-state index contributed by atoms with van der Waals surface area (Å²) in [6, 6.07) is 7.68. The van der Waals surface area contributed by atoms with Crippen molar-refractivity contribution >= 4 is 17.7 Å². The first-order valence-electron chi connectivity index (χ1n) is 6.60. The SMILES string of the molecule is CSCc1ccc(C(=O)NC(C)(CO)C2CC2)cc1. The van der Waals surface area contributed by atoms with Crippen molar-refractivity contribution in [2.24, 2.45) is 5.92 Å². The third-order valence-electron chi connectivity index (χ3n) is 3.73. The van der Waals surface area contributed by atoms with Crippen LogP contribution in [0.4, 0.5) is 0 Å². The fourth-order valence-electron chi connectivity index (χ4n) is 2.24. The zero-order valence-corrected chi connectivity index (χ0v) is 12.3. The number of rotatable bonds is 6. The molecular weight excluding hydrogens is 258 g/mol. The first-order valence-corrected chi connectivity index (χ1v) is 7.99. The normalized spacial score (nSPS) is 17.8. The minimum atomic E-state index is -0.477. The van der Waals surface area contributed by atoms with Crippen LogP contribution in [0.25, 0.3) is 0 Å². The number of hydrogen-bond donors (Lipinski definition) is 2. The van der Waals surface area contributed by atoms with Crippen molar-refractivity contribution in [1.29, 1.82) is 0 Å². The molecule has 1 fully saturated rings. The van der Waals surface area contributed by atoms with Crippen LogP contribution in [0.5, 0.6) is 0 Å². The smallest absolute Gasteiger partial charge is 0.251 e. The minimum Gasteiger partial charge on any atom is -0.394 e. The predicted molar refractivity (Wildman–Crippen MR) is 79.3 cm³/mol. The molecule has 0 bridgehead atoms. The van der Waals surface area contributed by atoms with Gasteiger partial charge < -0.3 is 10.4 Å². The van der Waals surface area contributed by atoms with Gasteiger partial charge in [-0.1, -0.05) is 12.1 Å². The highest BCUT2D eigenvalue weighted by atomic mass is 32.2. The van der Waals surface area contributed by atoms with E-state index in [2.05, 4.69) is 11.6 Å². The van der Waals surface area contributed by atoms with Gasteiger partial charge in [0, 0.05) is 11.3 Å². The monoisotopic (exact) mass is 279 g/mol. The van der Waals surface area contributed by atoms with Crippen molar-refractivity contribution in [1.82, 2.24) is 5.32 Å². The number of nitrogens with one attached hydrogen (secondary N) is 1. The van der Waals surface area contributed by atoms with Gasteiger partial charge in [-0.3, -0.25) is 4.79 Å². The number of carbonyl (C=O) groups is 1. The summed E-state index contributed by atoms with van der Waals surface area (Å²) in [4.78, 5) is 12.2. The van der Waals surface area contributed by atoms with Crippen molar-refractivity contribution in [3.63, 3.8) is 0 Å². The third-order valence-corrected chi connectivity index (χ3v) is 4.36. The van der Waals surface area contributed by atoms with Crippen molar-refractivity contribution in [2.75, 3.05) is 12.9 Å². The van der Waals surface area contributed by atoms with Crippen molar-refractivity contribution < 1.29 is 9.90 Å². The van der Waals surface area contributed by atoms with Crippen LogP contribution < -0.4 is 5.32 Å². The maximum Gasteiger partial charge on any atom is 0.251 e. The fourth-order valence-corrected chi connectivity index (χ4v) is 2.77. The summed E-state index contributed by atoms with van der Waals surface area (Å²) in [6.07, 6.45) is 4.23. The first-order chi connectivity index (χ1) is 9.09. The van der Waals surface area contributed by atoms with Gasteiger partial charge in [-0.2, -0.15) is 11.8 Å². The molecule has 0 spiro atoms. The molecule has 3 nitrogen and oxygen atoms in total. The highest BCUT2D eigenvalue weighted by Crippen LogP contribution is 2.39. The van der Waals surface area contributed by atoms with Crippen molar-refractivity contribution in [3.8, 4) is 0 Å². The lowest BCUT2D eigenvalue weighted by Gasteiger charge is -2.28. The summed E-state index contributed by atoms with van der Waals surface area (Å²) in [5, 5.41) is 12.5. The largest absolute Gasteiger partial charge is 0.394 e. The molecule has 2 N–H and O–H groups in total. The molecule has 0 radical (unpaired) electrons. The Bertz CT molecular complexity index is 442. The Hall–Kier alpha value is -1.00. The number of aliphatic hydroxyl groups excluding tert-OH is 1. The molecule has 1 unspecified atom stereocenters. The quantitative estimate of drug-likeness (QED) is 0.841. The molecule has 1 aromatic rings. The number of amides is 1. The van der Waals surface area contributed by atoms with Gasteiger partial charge in [0.2, 0.25) is 0 Å². The van der Waals surface area contributed by atoms with Crippen LogP contribution in [-0.4, -0.2) is 29.4 Å². The van der Waals surface area contributed by atoms with Crippen LogP contribution in [0.2, 0.25) is 0 Å². The zero-order chi connectivity index (χ0) is 13.9. The molecule has 1 atom stereocenters. The summed E-state index contributed by atoms with van der Waals surface area (Å²) in [5.41, 5.74) is 1.40. The van der Waals surface area contributed by atoms with E-state index in [1.54, 1.807) is 11.8 Å². The molecular formula is C15H21NO2S. The second-order valence-electron chi connectivity index (χ2n) is 5.43. The second-order valence-corrected chi connectivity index (χ2v) is 6.30. The Morgan fingerprint density at radius 3 is 2.53 bits per heavy atom. The number of thioether (sulfide) groups is 1. The lowest BCUT2D eigenvalue weighted by atomic mass is 9.96. The summed E-state index contributed by atoms with van der Waals surface area (Å²) >= 11 is 1.76. The summed E-state index contributed by atoms with van der Waals surface area (Å²) in [5.74, 6) is 1.27. The minimum absolute atomic E-state index is 0.00599. The van der Waals surface area contributed by atoms with Gasteiger partial charge in [0.25, 0.3) is 5.91 Å². The van der Waals surface area contributed by atoms with Crippen LogP contribution in [0, 0.1) is 5.92 Å². The molecule has 4 heteroatoms. The van der Waals surface area contributed by atoms with E-state index in [9.17, 15) is 9.90 Å². The molecule has 104 valence electrons. The van der Waals surface area contributed by atoms with Gasteiger partial charge in [0.05, 0.1) is 12.1 Å². The Labute approximate surface area is 118 Å². The van der Waals surface area contributed by atoms with E-state index in [1.807, 2.05) is 31.2 Å². The summed E-state index contributed by atoms with van der Waals surface area (Å²) in [6.45, 7) is 1.92. The fraction of sp³-hybridized carbons (Fsp3) is 0.533. The average molecular weight is 279 g/mol. The molecule has 1 saturated carbocycles. The van der Waals surface area contributed by atoms with Gasteiger partial charge >= 0.3 is 0 Å². The topological polar surface area (TPSA) is 49.3 Å². The third kappa shape index (κ3) is 3.51. The van der Waals surface area contributed by atoms with Gasteiger partial charge in [-0.05, 0) is 49.6 Å². The maximum absolute atomic E-state index is 12.2. The number of benzene rings is 1. The Kier molecular flexibility index (Phi) is 4.53. The standard InChI is InChI=1S/C15H21NO2S/c1-15(10-17,13-7-8-13)16-14(18)12-5-3-11(4-6-12)9-19-2/h3-6,13,17H,7-10H2,1-2H3,(H,16,18). The van der Waals surface area contributed by atoms with Gasteiger partial charge in [-0.15, -0.1) is 0 Å². The van der Waals surface area contributed by atoms with E-state index in [4.69, 9.17) is 0 Å². The lowest BCUT2D eigenvalue weighted by molar-refractivity contribution is 0.0824. The van der Waals surface area contributed by atoms with E-state index < -0.39 is 5.54 Å². The molecule has 0 aliphatic heterocycles. The summed E-state index contributed by atoms with van der Waals surface area (Å²) in [7, 11) is 0. The van der Waals surface area contributed by atoms with Crippen LogP contribution in [-0.2, 0) is 5.75 Å². The molecule has 0 aromatic heterocycles. The Morgan fingerprint density at radius 2 is 2.05 bits per heavy atom. The molecule has 1 aromatic carbocycles. The Morgan fingerprint density at radius 1 is 1.42 bits per heavy atom. The molecule has 0 saturated heterocycles. The predicted octanol–water partition coefficient (Wildman–Crippen LogP) is 2.44. The molecule has 1 amide bonds. The van der Waals surface area contributed by atoms with Crippen LogP contribution in [0.3, 0.4) is 0 Å². The molecule has 0 heterocycles. The first kappa shape index (κ1) is 14.4. The van der Waals surface area contributed by atoms with E-state index in [1.165, 1.54) is 5.56 Å². The Balaban J connectivity index is 2.02. The molecule has 1 aliphatic carbocycles. The number of aliphatic hydroxyl groups is 1. The maximum atomic E-state index is 12.2. The second kappa shape index (κ2) is 5.97. The van der Waals surface area contributed by atoms with E-state index in [0.717, 1.165) is 18.6 Å². The lowest BCUT2D eigenvalue weighted by Crippen LogP contribution is -2.50. The average Bonchev–Trinajstić information content (AvgIpc) is 3.24. The van der Waals surface area contributed by atoms with Gasteiger partial charge in [0.15, 0.2) is 0 Å². The molecule has 2 rings (SSSR count). The van der Waals surface area contributed by atoms with E-state index >= 15 is 0 Å². The highest BCUT2D eigenvalue weighted by molar-refractivity contribution is 7.97. The van der Waals surface area contributed by atoms with Crippen LogP contribution in [0.1, 0.15) is 35.7 Å². The van der Waals surface area contributed by atoms with Crippen LogP contribution >= 0.6 is 11.8 Å². The van der Waals surface area contributed by atoms with Crippen molar-refractivity contribution in [2.45, 2.75) is 31.1 Å². The molecule has 19 heavy (non-hydrogen) atoms. The van der Waals surface area contributed by atoms with Gasteiger partial charge in [-0.25, -0.2) is 0 Å². The van der Waals surface area contributed by atoms with Crippen molar-refractivity contribution in [3.05, 3.63) is 35.4 Å². The van der Waals surface area contributed by atoms with Crippen LogP contribution in [0.15, 0.2) is 24.3 Å². The number of carbonyl (C=O) groups excluding carboxylic acids is 1. The summed E-state index contributed by atoms with van der Waals surface area (Å²) < 4.78 is 0. The van der Waals surface area contributed by atoms with Gasteiger partial charge in [0.1, 0.15) is 0 Å². The van der Waals surface area contributed by atoms with E-state index in [0.29, 0.717) is 11.5 Å².